The second-order valence-electron chi connectivity index (χ2n) is 4.16. The van der Waals surface area contributed by atoms with E-state index in [-0.39, 0.29) is 11.9 Å². The third-order valence-corrected chi connectivity index (χ3v) is 3.22. The zero-order valence-corrected chi connectivity index (χ0v) is 9.83. The van der Waals surface area contributed by atoms with E-state index in [1.165, 1.54) is 12.8 Å². The molecule has 0 aromatic heterocycles. The van der Waals surface area contributed by atoms with Crippen LogP contribution in [0, 0.1) is 0 Å². The number of hydrogen-bond acceptors (Lipinski definition) is 3. The van der Waals surface area contributed by atoms with Crippen molar-refractivity contribution in [3.8, 4) is 0 Å². The maximum absolute atomic E-state index is 11.3. The highest BCUT2D eigenvalue weighted by atomic mass is 16.1. The summed E-state index contributed by atoms with van der Waals surface area (Å²) in [5.41, 5.74) is 5.43. The molecule has 0 aromatic carbocycles. The second kappa shape index (κ2) is 6.08. The summed E-state index contributed by atoms with van der Waals surface area (Å²) >= 11 is 0. The fraction of sp³-hybridized carbons (Fsp3) is 0.909. The third-order valence-electron chi connectivity index (χ3n) is 3.22. The van der Waals surface area contributed by atoms with E-state index < -0.39 is 0 Å². The lowest BCUT2D eigenvalue weighted by Crippen LogP contribution is -2.54. The number of primary amides is 1. The fourth-order valence-electron chi connectivity index (χ4n) is 2.45. The maximum Gasteiger partial charge on any atom is 0.234 e. The first kappa shape index (κ1) is 12.5. The Morgan fingerprint density at radius 3 is 2.73 bits per heavy atom. The van der Waals surface area contributed by atoms with Crippen LogP contribution in [-0.2, 0) is 4.79 Å². The van der Waals surface area contributed by atoms with Crippen LogP contribution in [-0.4, -0.2) is 42.5 Å². The predicted octanol–water partition coefficient (Wildman–Crippen LogP) is 0.324. The summed E-state index contributed by atoms with van der Waals surface area (Å²) in [6.07, 6.45) is 3.17. The van der Waals surface area contributed by atoms with Crippen molar-refractivity contribution < 1.29 is 4.79 Å². The normalized spacial score (nSPS) is 24.1. The van der Waals surface area contributed by atoms with Crippen LogP contribution in [0.2, 0.25) is 0 Å². The molecule has 1 fully saturated rings. The van der Waals surface area contributed by atoms with Crippen LogP contribution >= 0.6 is 0 Å². The summed E-state index contributed by atoms with van der Waals surface area (Å²) in [6, 6.07) is 0.376. The summed E-state index contributed by atoms with van der Waals surface area (Å²) in [4.78, 5) is 13.6. The van der Waals surface area contributed by atoms with Gasteiger partial charge in [0.2, 0.25) is 5.91 Å². The van der Waals surface area contributed by atoms with Crippen molar-refractivity contribution in [3.05, 3.63) is 0 Å². The van der Waals surface area contributed by atoms with Crippen LogP contribution in [0.25, 0.3) is 0 Å². The molecule has 15 heavy (non-hydrogen) atoms. The quantitative estimate of drug-likeness (QED) is 0.691. The predicted molar refractivity (Wildman–Crippen MR) is 61.5 cm³/mol. The standard InChI is InChI=1S/C11H23N3O/c1-3-10(11(12)15)14(4-2)9-6-5-7-13-8-9/h9-10,13H,3-8H2,1-2H3,(H2,12,15). The molecule has 2 unspecified atom stereocenters. The molecule has 4 nitrogen and oxygen atoms in total. The van der Waals surface area contributed by atoms with E-state index in [4.69, 9.17) is 5.73 Å². The van der Waals surface area contributed by atoms with Gasteiger partial charge in [0.25, 0.3) is 0 Å². The van der Waals surface area contributed by atoms with Crippen LogP contribution in [0.4, 0.5) is 0 Å². The van der Waals surface area contributed by atoms with E-state index in [2.05, 4.69) is 17.1 Å². The number of amides is 1. The van der Waals surface area contributed by atoms with E-state index in [1.807, 2.05) is 6.92 Å². The Balaban J connectivity index is 2.62. The lowest BCUT2D eigenvalue weighted by molar-refractivity contribution is -0.124. The Labute approximate surface area is 92.2 Å². The highest BCUT2D eigenvalue weighted by Gasteiger charge is 2.28. The summed E-state index contributed by atoms with van der Waals surface area (Å²) in [5, 5.41) is 3.37. The number of hydrogen-bond donors (Lipinski definition) is 2. The molecule has 0 radical (unpaired) electrons. The van der Waals surface area contributed by atoms with Gasteiger partial charge in [-0.2, -0.15) is 0 Å². The van der Waals surface area contributed by atoms with Crippen molar-refractivity contribution in [2.75, 3.05) is 19.6 Å². The summed E-state index contributed by atoms with van der Waals surface area (Å²) in [7, 11) is 0. The van der Waals surface area contributed by atoms with Crippen LogP contribution in [0.15, 0.2) is 0 Å². The molecule has 1 saturated heterocycles. The average molecular weight is 213 g/mol. The number of nitrogens with zero attached hydrogens (tertiary/aromatic N) is 1. The van der Waals surface area contributed by atoms with Gasteiger partial charge in [-0.15, -0.1) is 0 Å². The first-order chi connectivity index (χ1) is 7.20. The first-order valence-electron chi connectivity index (χ1n) is 5.96. The van der Waals surface area contributed by atoms with Crippen LogP contribution in [0.5, 0.6) is 0 Å². The molecule has 0 aromatic rings. The molecule has 2 atom stereocenters. The van der Waals surface area contributed by atoms with Gasteiger partial charge in [0.05, 0.1) is 6.04 Å². The van der Waals surface area contributed by atoms with Gasteiger partial charge in [-0.3, -0.25) is 9.69 Å². The van der Waals surface area contributed by atoms with Crippen molar-refractivity contribution in [3.63, 3.8) is 0 Å². The van der Waals surface area contributed by atoms with Gasteiger partial charge >= 0.3 is 0 Å². The van der Waals surface area contributed by atoms with Crippen molar-refractivity contribution in [1.29, 1.82) is 0 Å². The molecular weight excluding hydrogens is 190 g/mol. The number of rotatable bonds is 5. The highest BCUT2D eigenvalue weighted by molar-refractivity contribution is 5.79. The lowest BCUT2D eigenvalue weighted by atomic mass is 10.0. The van der Waals surface area contributed by atoms with E-state index in [9.17, 15) is 4.79 Å². The smallest absolute Gasteiger partial charge is 0.234 e. The highest BCUT2D eigenvalue weighted by Crippen LogP contribution is 2.15. The fourth-order valence-corrected chi connectivity index (χ4v) is 2.45. The monoisotopic (exact) mass is 213 g/mol. The molecular formula is C11H23N3O. The van der Waals surface area contributed by atoms with E-state index >= 15 is 0 Å². The number of likely N-dealkylation sites (N-methyl/N-ethyl adjacent to an activating group) is 1. The number of piperidine rings is 1. The van der Waals surface area contributed by atoms with Crippen LogP contribution in [0.3, 0.4) is 0 Å². The molecule has 1 heterocycles. The molecule has 88 valence electrons. The molecule has 0 saturated carbocycles. The summed E-state index contributed by atoms with van der Waals surface area (Å²) in [5.74, 6) is -0.190. The summed E-state index contributed by atoms with van der Waals surface area (Å²) < 4.78 is 0. The van der Waals surface area contributed by atoms with Crippen molar-refractivity contribution >= 4 is 5.91 Å². The molecule has 4 heteroatoms. The van der Waals surface area contributed by atoms with Crippen LogP contribution in [0.1, 0.15) is 33.1 Å². The molecule has 0 spiro atoms. The Hall–Kier alpha value is -0.610. The molecule has 1 amide bonds. The van der Waals surface area contributed by atoms with E-state index in [1.54, 1.807) is 0 Å². The molecule has 3 N–H and O–H groups in total. The van der Waals surface area contributed by atoms with Gasteiger partial charge in [-0.1, -0.05) is 13.8 Å². The van der Waals surface area contributed by atoms with Crippen molar-refractivity contribution in [2.24, 2.45) is 5.73 Å². The molecule has 1 aliphatic heterocycles. The summed E-state index contributed by atoms with van der Waals surface area (Å²) in [6.45, 7) is 7.10. The van der Waals surface area contributed by atoms with E-state index in [0.29, 0.717) is 6.04 Å². The van der Waals surface area contributed by atoms with Gasteiger partial charge in [0.1, 0.15) is 0 Å². The molecule has 0 bridgehead atoms. The Morgan fingerprint density at radius 1 is 1.60 bits per heavy atom. The minimum absolute atomic E-state index is 0.0973. The minimum atomic E-state index is -0.190. The van der Waals surface area contributed by atoms with E-state index in [0.717, 1.165) is 26.1 Å². The van der Waals surface area contributed by atoms with Crippen molar-refractivity contribution in [1.82, 2.24) is 10.2 Å². The number of carbonyl (C=O) groups is 1. The SMILES string of the molecule is CCC(C(N)=O)N(CC)C1CCCNC1. The molecule has 0 aliphatic carbocycles. The number of nitrogens with two attached hydrogens (primary N) is 1. The van der Waals surface area contributed by atoms with Gasteiger partial charge in [0, 0.05) is 12.6 Å². The average Bonchev–Trinajstić information content (AvgIpc) is 2.26. The van der Waals surface area contributed by atoms with Gasteiger partial charge < -0.3 is 11.1 Å². The lowest BCUT2D eigenvalue weighted by Gasteiger charge is -2.37. The Bertz CT molecular complexity index is 202. The Kier molecular flexibility index (Phi) is 5.05. The first-order valence-corrected chi connectivity index (χ1v) is 5.96. The second-order valence-corrected chi connectivity index (χ2v) is 4.16. The Morgan fingerprint density at radius 2 is 2.33 bits per heavy atom. The molecule has 1 aliphatic rings. The topological polar surface area (TPSA) is 58.4 Å². The molecule has 1 rings (SSSR count). The van der Waals surface area contributed by atoms with Gasteiger partial charge in [-0.05, 0) is 32.4 Å². The minimum Gasteiger partial charge on any atom is -0.368 e. The zero-order chi connectivity index (χ0) is 11.3. The van der Waals surface area contributed by atoms with Gasteiger partial charge in [0.15, 0.2) is 0 Å². The number of nitrogens with one attached hydrogen (secondary N) is 1. The zero-order valence-electron chi connectivity index (χ0n) is 9.83. The van der Waals surface area contributed by atoms with Gasteiger partial charge in [-0.25, -0.2) is 0 Å². The largest absolute Gasteiger partial charge is 0.368 e. The van der Waals surface area contributed by atoms with Crippen LogP contribution < -0.4 is 11.1 Å². The van der Waals surface area contributed by atoms with Crippen molar-refractivity contribution in [2.45, 2.75) is 45.2 Å². The third kappa shape index (κ3) is 3.18. The maximum atomic E-state index is 11.3. The number of carbonyl (C=O) groups excluding carboxylic acids is 1.